The summed E-state index contributed by atoms with van der Waals surface area (Å²) in [5.41, 5.74) is 0.745. The number of carbonyl (C=O) groups is 1. The van der Waals surface area contributed by atoms with E-state index in [1.54, 1.807) is 35.5 Å². The van der Waals surface area contributed by atoms with Crippen LogP contribution in [0.4, 0.5) is 0 Å². The minimum absolute atomic E-state index is 0.0211. The first-order valence-electron chi connectivity index (χ1n) is 6.44. The van der Waals surface area contributed by atoms with Crippen LogP contribution in [-0.4, -0.2) is 21.6 Å². The van der Waals surface area contributed by atoms with Crippen LogP contribution in [0.1, 0.15) is 16.1 Å². The van der Waals surface area contributed by atoms with Gasteiger partial charge in [-0.2, -0.15) is 0 Å². The number of thioether (sulfide) groups is 1. The second-order valence-corrected chi connectivity index (χ2v) is 6.20. The van der Waals surface area contributed by atoms with Crippen molar-refractivity contribution in [2.75, 3.05) is 6.26 Å². The Morgan fingerprint density at radius 1 is 1.36 bits per heavy atom. The fourth-order valence-electron chi connectivity index (χ4n) is 1.91. The first kappa shape index (κ1) is 14.8. The van der Waals surface area contributed by atoms with E-state index in [0.29, 0.717) is 16.2 Å². The van der Waals surface area contributed by atoms with Gasteiger partial charge in [0.15, 0.2) is 4.96 Å². The lowest BCUT2D eigenvalue weighted by molar-refractivity contribution is 0.0467. The maximum Gasteiger partial charge on any atom is 0.338 e. The number of aromatic nitrogens is 2. The van der Waals surface area contributed by atoms with Gasteiger partial charge < -0.3 is 4.74 Å². The summed E-state index contributed by atoms with van der Waals surface area (Å²) in [6.45, 7) is -0.0211. The molecule has 0 aliphatic heterocycles. The number of hydrogen-bond acceptors (Lipinski definition) is 6. The number of hydrogen-bond donors (Lipinski definition) is 0. The Labute approximate surface area is 134 Å². The van der Waals surface area contributed by atoms with Crippen LogP contribution < -0.4 is 5.56 Å². The van der Waals surface area contributed by atoms with Crippen molar-refractivity contribution in [3.8, 4) is 0 Å². The zero-order valence-electron chi connectivity index (χ0n) is 11.7. The van der Waals surface area contributed by atoms with E-state index in [2.05, 4.69) is 4.98 Å². The second kappa shape index (κ2) is 6.33. The summed E-state index contributed by atoms with van der Waals surface area (Å²) in [6, 6.07) is 8.55. The van der Waals surface area contributed by atoms with E-state index in [1.165, 1.54) is 21.8 Å². The van der Waals surface area contributed by atoms with Gasteiger partial charge in [0.2, 0.25) is 0 Å². The SMILES string of the molecule is CSc1ccc(C(=O)OCc2cc(=O)n3ccsc3n2)cc1. The molecule has 5 nitrogen and oxygen atoms in total. The summed E-state index contributed by atoms with van der Waals surface area (Å²) in [7, 11) is 0. The number of carbonyl (C=O) groups excluding carboxylic acids is 1. The number of benzene rings is 1. The highest BCUT2D eigenvalue weighted by atomic mass is 32.2. The van der Waals surface area contributed by atoms with Crippen molar-refractivity contribution in [2.24, 2.45) is 0 Å². The lowest BCUT2D eigenvalue weighted by Gasteiger charge is -2.05. The van der Waals surface area contributed by atoms with Crippen molar-refractivity contribution in [1.82, 2.24) is 9.38 Å². The van der Waals surface area contributed by atoms with Crippen molar-refractivity contribution in [2.45, 2.75) is 11.5 Å². The highest BCUT2D eigenvalue weighted by molar-refractivity contribution is 7.98. The van der Waals surface area contributed by atoms with Crippen molar-refractivity contribution < 1.29 is 9.53 Å². The van der Waals surface area contributed by atoms with Gasteiger partial charge in [0, 0.05) is 22.5 Å². The van der Waals surface area contributed by atoms with Crippen molar-refractivity contribution in [3.63, 3.8) is 0 Å². The molecule has 1 aromatic carbocycles. The van der Waals surface area contributed by atoms with Crippen LogP contribution in [0, 0.1) is 0 Å². The van der Waals surface area contributed by atoms with Crippen LogP contribution in [0.15, 0.2) is 51.6 Å². The maximum atomic E-state index is 12.0. The summed E-state index contributed by atoms with van der Waals surface area (Å²) in [4.78, 5) is 29.8. The van der Waals surface area contributed by atoms with E-state index in [1.807, 2.05) is 18.4 Å². The van der Waals surface area contributed by atoms with E-state index in [4.69, 9.17) is 4.74 Å². The van der Waals surface area contributed by atoms with Crippen molar-refractivity contribution in [1.29, 1.82) is 0 Å². The largest absolute Gasteiger partial charge is 0.456 e. The molecule has 0 atom stereocenters. The summed E-state index contributed by atoms with van der Waals surface area (Å²) in [5, 5.41) is 1.78. The highest BCUT2D eigenvalue weighted by Crippen LogP contribution is 2.15. The molecule has 112 valence electrons. The van der Waals surface area contributed by atoms with Crippen LogP contribution in [0.3, 0.4) is 0 Å². The molecular weight excluding hydrogens is 320 g/mol. The molecule has 3 aromatic rings. The van der Waals surface area contributed by atoms with Crippen LogP contribution in [0.5, 0.6) is 0 Å². The Morgan fingerprint density at radius 3 is 2.86 bits per heavy atom. The molecule has 7 heteroatoms. The fraction of sp³-hybridized carbons (Fsp3) is 0.133. The zero-order chi connectivity index (χ0) is 15.5. The smallest absolute Gasteiger partial charge is 0.338 e. The van der Waals surface area contributed by atoms with Gasteiger partial charge in [0.1, 0.15) is 6.61 Å². The lowest BCUT2D eigenvalue weighted by atomic mass is 10.2. The number of thiazole rings is 1. The third-order valence-corrected chi connectivity index (χ3v) is 4.53. The summed E-state index contributed by atoms with van der Waals surface area (Å²) in [6.07, 6.45) is 3.64. The van der Waals surface area contributed by atoms with Crippen LogP contribution in [0.25, 0.3) is 4.96 Å². The van der Waals surface area contributed by atoms with Crippen LogP contribution >= 0.6 is 23.1 Å². The third kappa shape index (κ3) is 3.05. The van der Waals surface area contributed by atoms with Crippen LogP contribution in [0.2, 0.25) is 0 Å². The molecule has 0 amide bonds. The lowest BCUT2D eigenvalue weighted by Crippen LogP contribution is -2.14. The van der Waals surface area contributed by atoms with E-state index < -0.39 is 5.97 Å². The number of rotatable bonds is 4. The summed E-state index contributed by atoms with van der Waals surface area (Å²) in [5.74, 6) is -0.430. The van der Waals surface area contributed by atoms with Gasteiger partial charge in [0.25, 0.3) is 5.56 Å². The monoisotopic (exact) mass is 332 g/mol. The Hall–Kier alpha value is -2.12. The Morgan fingerprint density at radius 2 is 2.14 bits per heavy atom. The van der Waals surface area contributed by atoms with Crippen molar-refractivity contribution in [3.05, 3.63) is 63.5 Å². The number of ether oxygens (including phenoxy) is 1. The number of nitrogens with zero attached hydrogens (tertiary/aromatic N) is 2. The van der Waals surface area contributed by atoms with Gasteiger partial charge >= 0.3 is 5.97 Å². The minimum Gasteiger partial charge on any atom is -0.456 e. The molecule has 0 saturated carbocycles. The van der Waals surface area contributed by atoms with Gasteiger partial charge in [-0.15, -0.1) is 23.1 Å². The third-order valence-electron chi connectivity index (χ3n) is 3.03. The first-order valence-corrected chi connectivity index (χ1v) is 8.55. The number of fused-ring (bicyclic) bond motifs is 1. The fourth-order valence-corrected chi connectivity index (χ4v) is 3.06. The predicted molar refractivity (Wildman–Crippen MR) is 86.7 cm³/mol. The van der Waals surface area contributed by atoms with Gasteiger partial charge in [-0.1, -0.05) is 0 Å². The normalized spacial score (nSPS) is 10.8. The molecule has 0 unspecified atom stereocenters. The molecule has 0 spiro atoms. The molecule has 0 radical (unpaired) electrons. The molecule has 3 rings (SSSR count). The van der Waals surface area contributed by atoms with Crippen LogP contribution in [-0.2, 0) is 11.3 Å². The maximum absolute atomic E-state index is 12.0. The Kier molecular flexibility index (Phi) is 4.26. The molecule has 22 heavy (non-hydrogen) atoms. The van der Waals surface area contributed by atoms with Gasteiger partial charge in [0.05, 0.1) is 11.3 Å². The molecule has 2 heterocycles. The van der Waals surface area contributed by atoms with E-state index in [0.717, 1.165) is 4.90 Å². The first-order chi connectivity index (χ1) is 10.7. The molecule has 0 aliphatic carbocycles. The Balaban J connectivity index is 1.72. The van der Waals surface area contributed by atoms with Crippen molar-refractivity contribution >= 4 is 34.0 Å². The summed E-state index contributed by atoms with van der Waals surface area (Å²) < 4.78 is 6.67. The zero-order valence-corrected chi connectivity index (χ0v) is 13.3. The minimum atomic E-state index is -0.430. The average Bonchev–Trinajstić information content (AvgIpc) is 3.02. The van der Waals surface area contributed by atoms with E-state index in [9.17, 15) is 9.59 Å². The molecule has 0 N–H and O–H groups in total. The molecule has 0 bridgehead atoms. The average molecular weight is 332 g/mol. The quantitative estimate of drug-likeness (QED) is 0.543. The molecule has 0 saturated heterocycles. The topological polar surface area (TPSA) is 60.7 Å². The second-order valence-electron chi connectivity index (χ2n) is 4.45. The predicted octanol–water partition coefficient (Wildman–Crippen LogP) is 2.83. The Bertz CT molecular complexity index is 868. The molecular formula is C15H12N2O3S2. The summed E-state index contributed by atoms with van der Waals surface area (Å²) >= 11 is 2.96. The highest BCUT2D eigenvalue weighted by Gasteiger charge is 2.09. The number of esters is 1. The van der Waals surface area contributed by atoms with Gasteiger partial charge in [-0.3, -0.25) is 9.20 Å². The molecule has 0 aliphatic rings. The van der Waals surface area contributed by atoms with Gasteiger partial charge in [-0.25, -0.2) is 9.78 Å². The van der Waals surface area contributed by atoms with Gasteiger partial charge in [-0.05, 0) is 30.5 Å². The standard InChI is InChI=1S/C15H12N2O3S2/c1-21-12-4-2-10(3-5-12)14(19)20-9-11-8-13(18)17-6-7-22-15(17)16-11/h2-8H,9H2,1H3. The van der Waals surface area contributed by atoms with E-state index >= 15 is 0 Å². The molecule has 2 aromatic heterocycles. The van der Waals surface area contributed by atoms with E-state index in [-0.39, 0.29) is 12.2 Å². The molecule has 0 fully saturated rings.